The summed E-state index contributed by atoms with van der Waals surface area (Å²) in [6.07, 6.45) is 0. The van der Waals surface area contributed by atoms with Crippen LogP contribution in [0.2, 0.25) is 5.02 Å². The molecule has 2 rings (SSSR count). The molecule has 2 aromatic rings. The number of aromatic carboxylic acids is 1. The molecule has 0 aliphatic rings. The lowest BCUT2D eigenvalue weighted by atomic mass is 10.1. The highest BCUT2D eigenvalue weighted by Gasteiger charge is 2.16. The Kier molecular flexibility index (Phi) is 2.64. The molecule has 0 aliphatic carbocycles. The Bertz CT molecular complexity index is 594. The second-order valence-electron chi connectivity index (χ2n) is 3.26. The maximum atomic E-state index is 10.6. The fraction of sp³-hybridized carbons (Fsp3) is 0. The Morgan fingerprint density at radius 1 is 1.29 bits per heavy atom. The van der Waals surface area contributed by atoms with E-state index in [1.807, 2.05) is 0 Å². The van der Waals surface area contributed by atoms with Gasteiger partial charge in [0.2, 0.25) is 0 Å². The molecule has 4 N–H and O–H groups in total. The highest BCUT2D eigenvalue weighted by Crippen LogP contribution is 2.40. The predicted octanol–water partition coefficient (Wildman–Crippen LogP) is 1.84. The van der Waals surface area contributed by atoms with Crippen molar-refractivity contribution in [1.82, 2.24) is 10.2 Å². The topological polar surface area (TPSA) is 106 Å². The van der Waals surface area contributed by atoms with Gasteiger partial charge in [0.25, 0.3) is 0 Å². The number of H-pyrrole nitrogens is 1. The van der Waals surface area contributed by atoms with Crippen LogP contribution in [-0.4, -0.2) is 31.5 Å². The largest absolute Gasteiger partial charge is 0.504 e. The molecule has 0 spiro atoms. The molecule has 1 aromatic heterocycles. The van der Waals surface area contributed by atoms with Crippen LogP contribution < -0.4 is 0 Å². The molecule has 0 amide bonds. The number of aromatic nitrogens is 2. The maximum absolute atomic E-state index is 10.6. The molecule has 1 aromatic carbocycles. The van der Waals surface area contributed by atoms with E-state index in [0.717, 1.165) is 0 Å². The van der Waals surface area contributed by atoms with Crippen LogP contribution in [-0.2, 0) is 0 Å². The molecule has 17 heavy (non-hydrogen) atoms. The van der Waals surface area contributed by atoms with Gasteiger partial charge in [0.1, 0.15) is 5.69 Å². The molecule has 0 radical (unpaired) electrons. The van der Waals surface area contributed by atoms with Crippen molar-refractivity contribution >= 4 is 17.6 Å². The molecular weight excluding hydrogens is 248 g/mol. The van der Waals surface area contributed by atoms with Gasteiger partial charge in [-0.15, -0.1) is 0 Å². The number of carboxylic acid groups (broad SMARTS) is 1. The summed E-state index contributed by atoms with van der Waals surface area (Å²) in [4.78, 5) is 10.6. The van der Waals surface area contributed by atoms with Crippen molar-refractivity contribution in [3.8, 4) is 22.8 Å². The van der Waals surface area contributed by atoms with Gasteiger partial charge in [0.05, 0.1) is 10.7 Å². The number of carbonyl (C=O) groups is 1. The van der Waals surface area contributed by atoms with Crippen LogP contribution in [0.1, 0.15) is 10.5 Å². The van der Waals surface area contributed by atoms with Crippen molar-refractivity contribution in [1.29, 1.82) is 0 Å². The molecular formula is C10H7ClN2O4. The number of phenolic OH excluding ortho intramolecular Hbond substituents is 2. The van der Waals surface area contributed by atoms with Crippen LogP contribution in [0.4, 0.5) is 0 Å². The fourth-order valence-electron chi connectivity index (χ4n) is 1.33. The van der Waals surface area contributed by atoms with E-state index in [4.69, 9.17) is 16.7 Å². The van der Waals surface area contributed by atoms with E-state index in [0.29, 0.717) is 0 Å². The van der Waals surface area contributed by atoms with Gasteiger partial charge in [-0.2, -0.15) is 5.10 Å². The fourth-order valence-corrected chi connectivity index (χ4v) is 1.48. The van der Waals surface area contributed by atoms with Gasteiger partial charge >= 0.3 is 5.97 Å². The standard InChI is InChI=1S/C10H7ClN2O4/c11-5-2-1-4(8(14)9(5)15)6-3-7(10(16)17)13-12-6/h1-3,14-15H,(H,12,13)(H,16,17). The summed E-state index contributed by atoms with van der Waals surface area (Å²) in [5, 5.41) is 33.8. The summed E-state index contributed by atoms with van der Waals surface area (Å²) < 4.78 is 0. The highest BCUT2D eigenvalue weighted by molar-refractivity contribution is 6.32. The molecule has 0 saturated carbocycles. The third-order valence-corrected chi connectivity index (χ3v) is 2.49. The van der Waals surface area contributed by atoms with Crippen LogP contribution in [0.5, 0.6) is 11.5 Å². The van der Waals surface area contributed by atoms with Gasteiger partial charge in [0, 0.05) is 5.56 Å². The van der Waals surface area contributed by atoms with E-state index in [2.05, 4.69) is 10.2 Å². The number of aromatic amines is 1. The minimum Gasteiger partial charge on any atom is -0.504 e. The summed E-state index contributed by atoms with van der Waals surface area (Å²) in [6.45, 7) is 0. The van der Waals surface area contributed by atoms with Gasteiger partial charge < -0.3 is 15.3 Å². The van der Waals surface area contributed by atoms with Crippen molar-refractivity contribution < 1.29 is 20.1 Å². The molecule has 7 heteroatoms. The molecule has 88 valence electrons. The zero-order valence-electron chi connectivity index (χ0n) is 8.31. The van der Waals surface area contributed by atoms with Crippen LogP contribution in [0, 0.1) is 0 Å². The van der Waals surface area contributed by atoms with Crippen LogP contribution >= 0.6 is 11.6 Å². The molecule has 0 fully saturated rings. The number of aromatic hydroxyl groups is 2. The molecule has 0 atom stereocenters. The molecule has 0 aliphatic heterocycles. The minimum atomic E-state index is -1.17. The van der Waals surface area contributed by atoms with Gasteiger partial charge in [-0.25, -0.2) is 4.79 Å². The van der Waals surface area contributed by atoms with Crippen molar-refractivity contribution in [3.05, 3.63) is 28.9 Å². The molecule has 0 saturated heterocycles. The van der Waals surface area contributed by atoms with E-state index in [1.54, 1.807) is 0 Å². The lowest BCUT2D eigenvalue weighted by Crippen LogP contribution is -1.95. The van der Waals surface area contributed by atoms with Gasteiger partial charge in [-0.1, -0.05) is 11.6 Å². The first-order valence-electron chi connectivity index (χ1n) is 4.50. The number of benzene rings is 1. The molecule has 0 unspecified atom stereocenters. The first kappa shape index (κ1) is 11.3. The highest BCUT2D eigenvalue weighted by atomic mass is 35.5. The second kappa shape index (κ2) is 3.99. The number of halogens is 1. The lowest BCUT2D eigenvalue weighted by Gasteiger charge is -2.04. The summed E-state index contributed by atoms with van der Waals surface area (Å²) in [5.41, 5.74) is 0.274. The SMILES string of the molecule is O=C(O)c1cc(-c2ccc(Cl)c(O)c2O)n[nH]1. The number of phenols is 2. The monoisotopic (exact) mass is 254 g/mol. The third kappa shape index (κ3) is 1.90. The van der Waals surface area contributed by atoms with Crippen LogP contribution in [0.25, 0.3) is 11.3 Å². The number of hydrogen-bond donors (Lipinski definition) is 4. The van der Waals surface area contributed by atoms with Gasteiger partial charge in [-0.05, 0) is 18.2 Å². The van der Waals surface area contributed by atoms with Crippen molar-refractivity contribution in [2.24, 2.45) is 0 Å². The smallest absolute Gasteiger partial charge is 0.353 e. The number of rotatable bonds is 2. The van der Waals surface area contributed by atoms with Crippen molar-refractivity contribution in [2.75, 3.05) is 0 Å². The summed E-state index contributed by atoms with van der Waals surface area (Å²) in [5.74, 6) is -2.08. The Morgan fingerprint density at radius 2 is 2.00 bits per heavy atom. The second-order valence-corrected chi connectivity index (χ2v) is 3.67. The van der Waals surface area contributed by atoms with Gasteiger partial charge in [-0.3, -0.25) is 5.10 Å². The van der Waals surface area contributed by atoms with E-state index in [-0.39, 0.29) is 22.0 Å². The Hall–Kier alpha value is -2.21. The number of nitrogens with one attached hydrogen (secondary N) is 1. The van der Waals surface area contributed by atoms with Crippen molar-refractivity contribution in [3.63, 3.8) is 0 Å². The molecule has 1 heterocycles. The zero-order chi connectivity index (χ0) is 12.6. The Labute approximate surface area is 100 Å². The third-order valence-electron chi connectivity index (χ3n) is 2.19. The van der Waals surface area contributed by atoms with E-state index >= 15 is 0 Å². The first-order chi connectivity index (χ1) is 8.00. The first-order valence-corrected chi connectivity index (χ1v) is 4.88. The van der Waals surface area contributed by atoms with E-state index < -0.39 is 17.5 Å². The van der Waals surface area contributed by atoms with E-state index in [1.165, 1.54) is 18.2 Å². The zero-order valence-corrected chi connectivity index (χ0v) is 9.06. The average Bonchev–Trinajstić information content (AvgIpc) is 2.75. The Balaban J connectivity index is 2.53. The summed E-state index contributed by atoms with van der Waals surface area (Å²) >= 11 is 5.60. The van der Waals surface area contributed by atoms with Crippen LogP contribution in [0.3, 0.4) is 0 Å². The minimum absolute atomic E-state index is 0.000226. The molecule has 6 nitrogen and oxygen atoms in total. The summed E-state index contributed by atoms with van der Waals surface area (Å²) in [7, 11) is 0. The van der Waals surface area contributed by atoms with Crippen molar-refractivity contribution in [2.45, 2.75) is 0 Å². The van der Waals surface area contributed by atoms with E-state index in [9.17, 15) is 15.0 Å². The average molecular weight is 255 g/mol. The quantitative estimate of drug-likeness (QED) is 0.612. The molecule has 0 bridgehead atoms. The normalized spacial score (nSPS) is 10.4. The summed E-state index contributed by atoms with van der Waals surface area (Å²) in [6, 6.07) is 4.05. The number of hydrogen-bond acceptors (Lipinski definition) is 4. The lowest BCUT2D eigenvalue weighted by molar-refractivity contribution is 0.0690. The predicted molar refractivity (Wildman–Crippen MR) is 59.3 cm³/mol. The van der Waals surface area contributed by atoms with Crippen LogP contribution in [0.15, 0.2) is 18.2 Å². The number of carboxylic acids is 1. The number of nitrogens with zero attached hydrogens (tertiary/aromatic N) is 1. The van der Waals surface area contributed by atoms with Gasteiger partial charge in [0.15, 0.2) is 11.5 Å². The maximum Gasteiger partial charge on any atom is 0.353 e. The Morgan fingerprint density at radius 3 is 2.59 bits per heavy atom.